The molecule has 1 amide bonds. The first kappa shape index (κ1) is 16.6. The van der Waals surface area contributed by atoms with Crippen molar-refractivity contribution >= 4 is 16.2 Å². The number of benzene rings is 1. The third kappa shape index (κ3) is 3.36. The SMILES string of the molecule is CC(C)C(OS(N)(=O)=O)(C(N)=O)C(C)c1ccccc1. The average molecular weight is 300 g/mol. The lowest BCUT2D eigenvalue weighted by atomic mass is 9.75. The van der Waals surface area contributed by atoms with Crippen molar-refractivity contribution in [3.05, 3.63) is 35.9 Å². The lowest BCUT2D eigenvalue weighted by Crippen LogP contribution is -2.56. The zero-order chi connectivity index (χ0) is 15.6. The van der Waals surface area contributed by atoms with Gasteiger partial charge in [-0.15, -0.1) is 0 Å². The van der Waals surface area contributed by atoms with E-state index < -0.39 is 33.6 Å². The van der Waals surface area contributed by atoms with Crippen LogP contribution >= 0.6 is 0 Å². The number of amides is 1. The van der Waals surface area contributed by atoms with E-state index in [0.717, 1.165) is 5.56 Å². The Kier molecular flexibility index (Phi) is 4.90. The minimum absolute atomic E-state index is 0.478. The summed E-state index contributed by atoms with van der Waals surface area (Å²) in [6.45, 7) is 5.01. The van der Waals surface area contributed by atoms with E-state index in [-0.39, 0.29) is 0 Å². The zero-order valence-corrected chi connectivity index (χ0v) is 12.6. The Hall–Kier alpha value is -1.44. The van der Waals surface area contributed by atoms with E-state index in [2.05, 4.69) is 0 Å². The van der Waals surface area contributed by atoms with Crippen LogP contribution in [0.2, 0.25) is 0 Å². The molecule has 7 heteroatoms. The predicted molar refractivity (Wildman–Crippen MR) is 75.8 cm³/mol. The minimum Gasteiger partial charge on any atom is -0.367 e. The average Bonchev–Trinajstić information content (AvgIpc) is 2.34. The normalized spacial score (nSPS) is 16.6. The summed E-state index contributed by atoms with van der Waals surface area (Å²) in [5.41, 5.74) is 4.45. The zero-order valence-electron chi connectivity index (χ0n) is 11.7. The molecule has 6 nitrogen and oxygen atoms in total. The topological polar surface area (TPSA) is 112 Å². The van der Waals surface area contributed by atoms with Gasteiger partial charge in [0, 0.05) is 5.92 Å². The molecule has 0 spiro atoms. The van der Waals surface area contributed by atoms with Crippen LogP contribution in [-0.2, 0) is 19.3 Å². The van der Waals surface area contributed by atoms with Gasteiger partial charge in [0.1, 0.15) is 0 Å². The summed E-state index contributed by atoms with van der Waals surface area (Å²) in [6, 6.07) is 8.94. The summed E-state index contributed by atoms with van der Waals surface area (Å²) in [4.78, 5) is 11.9. The van der Waals surface area contributed by atoms with Gasteiger partial charge in [0.25, 0.3) is 5.91 Å². The molecular weight excluding hydrogens is 280 g/mol. The van der Waals surface area contributed by atoms with Crippen LogP contribution in [0.15, 0.2) is 30.3 Å². The first-order valence-electron chi connectivity index (χ1n) is 6.19. The van der Waals surface area contributed by atoms with Crippen molar-refractivity contribution in [2.45, 2.75) is 32.3 Å². The molecule has 20 heavy (non-hydrogen) atoms. The van der Waals surface area contributed by atoms with Crippen molar-refractivity contribution in [3.63, 3.8) is 0 Å². The Balaban J connectivity index is 3.40. The third-order valence-electron chi connectivity index (χ3n) is 3.44. The molecule has 0 radical (unpaired) electrons. The Morgan fingerprint density at radius 2 is 1.70 bits per heavy atom. The fourth-order valence-electron chi connectivity index (χ4n) is 2.39. The van der Waals surface area contributed by atoms with E-state index >= 15 is 0 Å². The number of carbonyl (C=O) groups excluding carboxylic acids is 1. The molecule has 2 atom stereocenters. The highest BCUT2D eigenvalue weighted by atomic mass is 32.2. The number of rotatable bonds is 6. The molecule has 0 aliphatic heterocycles. The molecule has 4 N–H and O–H groups in total. The van der Waals surface area contributed by atoms with E-state index in [1.165, 1.54) is 0 Å². The van der Waals surface area contributed by atoms with Crippen LogP contribution in [0.3, 0.4) is 0 Å². The summed E-state index contributed by atoms with van der Waals surface area (Å²) >= 11 is 0. The Morgan fingerprint density at radius 1 is 1.20 bits per heavy atom. The molecule has 0 heterocycles. The van der Waals surface area contributed by atoms with E-state index in [9.17, 15) is 13.2 Å². The molecule has 0 aliphatic rings. The lowest BCUT2D eigenvalue weighted by molar-refractivity contribution is -0.139. The molecule has 0 fully saturated rings. The van der Waals surface area contributed by atoms with Crippen LogP contribution in [0.5, 0.6) is 0 Å². The summed E-state index contributed by atoms with van der Waals surface area (Å²) in [7, 11) is -4.33. The van der Waals surface area contributed by atoms with E-state index in [0.29, 0.717) is 0 Å². The molecule has 0 aromatic heterocycles. The maximum atomic E-state index is 11.9. The van der Waals surface area contributed by atoms with Gasteiger partial charge in [0.15, 0.2) is 5.60 Å². The molecular formula is C13H20N2O4S. The van der Waals surface area contributed by atoms with Gasteiger partial charge in [0.2, 0.25) is 0 Å². The third-order valence-corrected chi connectivity index (χ3v) is 3.95. The highest BCUT2D eigenvalue weighted by Gasteiger charge is 2.50. The largest absolute Gasteiger partial charge is 0.367 e. The molecule has 1 aromatic carbocycles. The van der Waals surface area contributed by atoms with Gasteiger partial charge in [-0.3, -0.25) is 4.79 Å². The Bertz CT molecular complexity index is 571. The second-order valence-corrected chi connectivity index (χ2v) is 6.17. The highest BCUT2D eigenvalue weighted by molar-refractivity contribution is 7.84. The maximum Gasteiger partial charge on any atom is 0.334 e. The van der Waals surface area contributed by atoms with Crippen molar-refractivity contribution in [1.29, 1.82) is 0 Å². The van der Waals surface area contributed by atoms with Gasteiger partial charge in [-0.2, -0.15) is 8.42 Å². The number of carbonyl (C=O) groups is 1. The molecule has 0 bridgehead atoms. The van der Waals surface area contributed by atoms with Gasteiger partial charge in [-0.25, -0.2) is 9.32 Å². The van der Waals surface area contributed by atoms with Crippen LogP contribution in [0.25, 0.3) is 0 Å². The monoisotopic (exact) mass is 300 g/mol. The predicted octanol–water partition coefficient (Wildman–Crippen LogP) is 0.890. The molecule has 0 saturated heterocycles. The second-order valence-electron chi connectivity index (χ2n) is 5.02. The maximum absolute atomic E-state index is 11.9. The second kappa shape index (κ2) is 5.90. The fourth-order valence-corrected chi connectivity index (χ4v) is 3.19. The molecule has 1 aromatic rings. The fraction of sp³-hybridized carbons (Fsp3) is 0.462. The summed E-state index contributed by atoms with van der Waals surface area (Å²) in [5, 5.41) is 4.96. The summed E-state index contributed by atoms with van der Waals surface area (Å²) < 4.78 is 27.6. The summed E-state index contributed by atoms with van der Waals surface area (Å²) in [5.74, 6) is -1.91. The van der Waals surface area contributed by atoms with Crippen LogP contribution in [0, 0.1) is 5.92 Å². The van der Waals surface area contributed by atoms with Crippen molar-refractivity contribution in [3.8, 4) is 0 Å². The number of hydrogen-bond donors (Lipinski definition) is 2. The van der Waals surface area contributed by atoms with Gasteiger partial charge in [-0.1, -0.05) is 51.1 Å². The molecule has 1 rings (SSSR count). The lowest BCUT2D eigenvalue weighted by Gasteiger charge is -2.38. The van der Waals surface area contributed by atoms with E-state index in [1.54, 1.807) is 45.0 Å². The summed E-state index contributed by atoms with van der Waals surface area (Å²) in [6.07, 6.45) is 0. The van der Waals surface area contributed by atoms with Crippen LogP contribution in [0.4, 0.5) is 0 Å². The molecule has 112 valence electrons. The van der Waals surface area contributed by atoms with Crippen molar-refractivity contribution in [2.24, 2.45) is 16.8 Å². The van der Waals surface area contributed by atoms with Crippen molar-refractivity contribution in [2.75, 3.05) is 0 Å². The number of nitrogens with two attached hydrogens (primary N) is 2. The minimum atomic E-state index is -4.33. The Labute approximate surface area is 119 Å². The highest BCUT2D eigenvalue weighted by Crippen LogP contribution is 2.38. The quantitative estimate of drug-likeness (QED) is 0.812. The van der Waals surface area contributed by atoms with Gasteiger partial charge >= 0.3 is 10.3 Å². The Morgan fingerprint density at radius 3 is 2.05 bits per heavy atom. The van der Waals surface area contributed by atoms with Gasteiger partial charge < -0.3 is 5.73 Å². The van der Waals surface area contributed by atoms with Crippen LogP contribution in [-0.4, -0.2) is 19.9 Å². The van der Waals surface area contributed by atoms with Crippen LogP contribution < -0.4 is 10.9 Å². The van der Waals surface area contributed by atoms with Crippen molar-refractivity contribution in [1.82, 2.24) is 0 Å². The van der Waals surface area contributed by atoms with E-state index in [4.69, 9.17) is 15.1 Å². The first-order valence-corrected chi connectivity index (χ1v) is 7.66. The van der Waals surface area contributed by atoms with Crippen molar-refractivity contribution < 1.29 is 17.4 Å². The number of hydrogen-bond acceptors (Lipinski definition) is 4. The smallest absolute Gasteiger partial charge is 0.334 e. The molecule has 0 saturated carbocycles. The molecule has 0 aliphatic carbocycles. The van der Waals surface area contributed by atoms with Crippen LogP contribution in [0.1, 0.15) is 32.3 Å². The standard InChI is InChI=1S/C13H20N2O4S/c1-9(2)13(12(14)16,19-20(15,17)18)10(3)11-7-5-4-6-8-11/h4-10H,1-3H3,(H2,14,16)(H2,15,17,18). The molecule has 2 unspecified atom stereocenters. The first-order chi connectivity index (χ1) is 9.11. The number of primary amides is 1. The van der Waals surface area contributed by atoms with E-state index in [1.807, 2.05) is 6.07 Å². The van der Waals surface area contributed by atoms with Gasteiger partial charge in [-0.05, 0) is 11.5 Å². The van der Waals surface area contributed by atoms with Gasteiger partial charge in [0.05, 0.1) is 0 Å².